The fourth-order valence-electron chi connectivity index (χ4n) is 3.54. The lowest BCUT2D eigenvalue weighted by atomic mass is 10.1. The van der Waals surface area contributed by atoms with Gasteiger partial charge in [0, 0.05) is 35.2 Å². The Morgan fingerprint density at radius 2 is 1.89 bits per heavy atom. The van der Waals surface area contributed by atoms with Crippen LogP contribution in [0.5, 0.6) is 0 Å². The van der Waals surface area contributed by atoms with E-state index in [1.807, 2.05) is 54.7 Å². The van der Waals surface area contributed by atoms with Crippen LogP contribution < -0.4 is 5.32 Å². The quantitative estimate of drug-likeness (QED) is 0.454. The number of pyridine rings is 1. The molecule has 4 heteroatoms. The highest BCUT2D eigenvalue weighted by Crippen LogP contribution is 2.25. The predicted octanol–water partition coefficient (Wildman–Crippen LogP) is 5.63. The molecule has 0 saturated heterocycles. The van der Waals surface area contributed by atoms with E-state index in [0.29, 0.717) is 5.56 Å². The summed E-state index contributed by atoms with van der Waals surface area (Å²) in [5, 5.41) is 5.06. The van der Waals surface area contributed by atoms with Crippen LogP contribution in [0.4, 0.5) is 5.69 Å². The number of unbranched alkanes of at least 4 members (excludes halogenated alkanes) is 2. The molecule has 0 unspecified atom stereocenters. The van der Waals surface area contributed by atoms with Crippen molar-refractivity contribution < 1.29 is 4.79 Å². The third-order valence-corrected chi connectivity index (χ3v) is 4.92. The second-order valence-corrected chi connectivity index (χ2v) is 6.80. The number of nitrogens with one attached hydrogen (secondary N) is 1. The van der Waals surface area contributed by atoms with Crippen LogP contribution in [0.25, 0.3) is 21.8 Å². The Morgan fingerprint density at radius 1 is 1.04 bits per heavy atom. The molecule has 4 aromatic rings. The summed E-state index contributed by atoms with van der Waals surface area (Å²) in [5.74, 6) is -0.0985. The van der Waals surface area contributed by atoms with E-state index in [4.69, 9.17) is 0 Å². The molecule has 0 aliphatic carbocycles. The first kappa shape index (κ1) is 17.3. The lowest BCUT2D eigenvalue weighted by Crippen LogP contribution is -2.12. The van der Waals surface area contributed by atoms with E-state index in [0.717, 1.165) is 40.5 Å². The van der Waals surface area contributed by atoms with E-state index in [-0.39, 0.29) is 5.91 Å². The van der Waals surface area contributed by atoms with Crippen molar-refractivity contribution in [1.29, 1.82) is 0 Å². The summed E-state index contributed by atoms with van der Waals surface area (Å²) in [6.45, 7) is 3.13. The fourth-order valence-corrected chi connectivity index (χ4v) is 3.54. The molecule has 0 saturated carbocycles. The Morgan fingerprint density at radius 3 is 2.78 bits per heavy atom. The maximum Gasteiger partial charge on any atom is 0.257 e. The predicted molar refractivity (Wildman–Crippen MR) is 111 cm³/mol. The summed E-state index contributed by atoms with van der Waals surface area (Å²) in [4.78, 5) is 17.5. The number of carbonyl (C=O) groups excluding carboxylic acids is 1. The zero-order valence-electron chi connectivity index (χ0n) is 15.5. The Balaban J connectivity index is 1.68. The van der Waals surface area contributed by atoms with Crippen LogP contribution in [0.1, 0.15) is 36.5 Å². The zero-order chi connectivity index (χ0) is 18.6. The summed E-state index contributed by atoms with van der Waals surface area (Å²) in [7, 11) is 0. The van der Waals surface area contributed by atoms with Crippen LogP contribution in [0.15, 0.2) is 67.0 Å². The monoisotopic (exact) mass is 357 g/mol. The van der Waals surface area contributed by atoms with Crippen molar-refractivity contribution in [1.82, 2.24) is 9.55 Å². The van der Waals surface area contributed by atoms with Gasteiger partial charge in [0.25, 0.3) is 5.91 Å². The average Bonchev–Trinajstić information content (AvgIpc) is 3.08. The molecule has 0 fully saturated rings. The van der Waals surface area contributed by atoms with Crippen molar-refractivity contribution in [3.8, 4) is 0 Å². The van der Waals surface area contributed by atoms with Gasteiger partial charge >= 0.3 is 0 Å². The topological polar surface area (TPSA) is 46.9 Å². The number of aromatic nitrogens is 2. The molecule has 0 radical (unpaired) electrons. The highest BCUT2D eigenvalue weighted by atomic mass is 16.1. The molecule has 136 valence electrons. The minimum absolute atomic E-state index is 0.0985. The van der Waals surface area contributed by atoms with Crippen LogP contribution in [0.2, 0.25) is 0 Å². The summed E-state index contributed by atoms with van der Waals surface area (Å²) in [5.41, 5.74) is 3.35. The van der Waals surface area contributed by atoms with E-state index in [1.165, 1.54) is 12.8 Å². The van der Waals surface area contributed by atoms with E-state index < -0.39 is 0 Å². The molecule has 0 spiro atoms. The number of para-hydroxylation sites is 2. The van der Waals surface area contributed by atoms with Gasteiger partial charge in [0.15, 0.2) is 0 Å². The van der Waals surface area contributed by atoms with Gasteiger partial charge in [-0.15, -0.1) is 0 Å². The van der Waals surface area contributed by atoms with Gasteiger partial charge in [-0.3, -0.25) is 9.78 Å². The molecular weight excluding hydrogens is 334 g/mol. The summed E-state index contributed by atoms with van der Waals surface area (Å²) in [6.07, 6.45) is 7.21. The Hall–Kier alpha value is -3.14. The van der Waals surface area contributed by atoms with Gasteiger partial charge in [-0.05, 0) is 24.6 Å². The van der Waals surface area contributed by atoms with Crippen molar-refractivity contribution >= 4 is 33.4 Å². The smallest absolute Gasteiger partial charge is 0.257 e. The van der Waals surface area contributed by atoms with Crippen LogP contribution in [0.3, 0.4) is 0 Å². The highest BCUT2D eigenvalue weighted by Gasteiger charge is 2.16. The molecule has 1 N–H and O–H groups in total. The number of benzene rings is 2. The first-order chi connectivity index (χ1) is 13.3. The number of anilines is 1. The zero-order valence-corrected chi connectivity index (χ0v) is 15.5. The van der Waals surface area contributed by atoms with Gasteiger partial charge in [-0.2, -0.15) is 0 Å². The molecule has 0 aliphatic heterocycles. The van der Waals surface area contributed by atoms with Gasteiger partial charge < -0.3 is 9.88 Å². The van der Waals surface area contributed by atoms with Crippen molar-refractivity contribution in [2.75, 3.05) is 5.32 Å². The second kappa shape index (κ2) is 7.62. The van der Waals surface area contributed by atoms with Crippen molar-refractivity contribution in [2.45, 2.75) is 32.7 Å². The minimum Gasteiger partial charge on any atom is -0.347 e. The number of fused-ring (bicyclic) bond motifs is 2. The van der Waals surface area contributed by atoms with Crippen molar-refractivity contribution in [2.24, 2.45) is 0 Å². The number of amides is 1. The molecule has 2 aromatic heterocycles. The molecule has 0 aliphatic rings. The summed E-state index contributed by atoms with van der Waals surface area (Å²) < 4.78 is 2.20. The van der Waals surface area contributed by atoms with Crippen LogP contribution in [0, 0.1) is 0 Å². The number of hydrogen-bond donors (Lipinski definition) is 1. The third-order valence-electron chi connectivity index (χ3n) is 4.92. The third kappa shape index (κ3) is 3.43. The Bertz CT molecular complexity index is 1090. The lowest BCUT2D eigenvalue weighted by Gasteiger charge is -2.07. The van der Waals surface area contributed by atoms with E-state index in [1.54, 1.807) is 6.20 Å². The Labute approximate surface area is 158 Å². The van der Waals surface area contributed by atoms with Gasteiger partial charge in [-0.1, -0.05) is 56.2 Å². The van der Waals surface area contributed by atoms with Crippen molar-refractivity contribution in [3.63, 3.8) is 0 Å². The van der Waals surface area contributed by atoms with Gasteiger partial charge in [-0.25, -0.2) is 0 Å². The summed E-state index contributed by atoms with van der Waals surface area (Å²) in [6, 6.07) is 17.8. The molecule has 0 bridgehead atoms. The van der Waals surface area contributed by atoms with Gasteiger partial charge in [0.05, 0.1) is 16.8 Å². The number of nitrogens with zero attached hydrogens (tertiary/aromatic N) is 2. The molecule has 1 amide bonds. The van der Waals surface area contributed by atoms with Gasteiger partial charge in [0.2, 0.25) is 0 Å². The maximum absolute atomic E-state index is 13.1. The SMILES string of the molecule is CCCCCn1cc(C(=O)Nc2cccc3cccnc23)c2ccccc21. The molecular formula is C23H23N3O. The van der Waals surface area contributed by atoms with Crippen LogP contribution in [-0.4, -0.2) is 15.5 Å². The largest absolute Gasteiger partial charge is 0.347 e. The molecule has 2 aromatic carbocycles. The molecule has 27 heavy (non-hydrogen) atoms. The van der Waals surface area contributed by atoms with E-state index in [2.05, 4.69) is 27.9 Å². The molecule has 4 nitrogen and oxygen atoms in total. The lowest BCUT2D eigenvalue weighted by molar-refractivity contribution is 0.102. The van der Waals surface area contributed by atoms with E-state index in [9.17, 15) is 4.79 Å². The van der Waals surface area contributed by atoms with E-state index >= 15 is 0 Å². The second-order valence-electron chi connectivity index (χ2n) is 6.80. The molecule has 0 atom stereocenters. The highest BCUT2D eigenvalue weighted by molar-refractivity contribution is 6.14. The number of carbonyl (C=O) groups is 1. The molecule has 4 rings (SSSR count). The number of rotatable bonds is 6. The maximum atomic E-state index is 13.1. The summed E-state index contributed by atoms with van der Waals surface area (Å²) >= 11 is 0. The standard InChI is InChI=1S/C23H23N3O/c1-2-3-6-15-26-16-19(18-11-4-5-13-21(18)26)23(27)25-20-12-7-9-17-10-8-14-24-22(17)20/h4-5,7-14,16H,2-3,6,15H2,1H3,(H,25,27). The fraction of sp³-hybridized carbons (Fsp3) is 0.217. The number of hydrogen-bond acceptors (Lipinski definition) is 2. The number of aryl methyl sites for hydroxylation is 1. The average molecular weight is 357 g/mol. The normalized spacial score (nSPS) is 11.1. The first-order valence-electron chi connectivity index (χ1n) is 9.51. The van der Waals surface area contributed by atoms with Gasteiger partial charge in [0.1, 0.15) is 0 Å². The van der Waals surface area contributed by atoms with Crippen molar-refractivity contribution in [3.05, 3.63) is 72.6 Å². The Kier molecular flexibility index (Phi) is 4.88. The van der Waals surface area contributed by atoms with Crippen LogP contribution in [-0.2, 0) is 6.54 Å². The van der Waals surface area contributed by atoms with Crippen LogP contribution >= 0.6 is 0 Å². The first-order valence-corrected chi connectivity index (χ1v) is 9.51. The molecule has 2 heterocycles. The minimum atomic E-state index is -0.0985.